The Morgan fingerprint density at radius 1 is 0.815 bits per heavy atom. The standard InChI is InChI=1S/C15H29N7O5/c1-7(16)14(26)21-10(13(20)25)5-6-11(23)22-15(27)9(18)4-2-3-8(17)12(19)24/h7-10H,2-6,16-18H2,1H3,(H2,19,24)(H2,20,25)(H,21,26)(H,22,23,27)/t7-,8-,9+,10+/m0/s1. The largest absolute Gasteiger partial charge is 0.368 e. The third-order valence-electron chi connectivity index (χ3n) is 3.73. The number of rotatable bonds is 12. The smallest absolute Gasteiger partial charge is 0.243 e. The highest BCUT2D eigenvalue weighted by atomic mass is 16.2. The molecule has 12 N–H and O–H groups in total. The predicted octanol–water partition coefficient (Wildman–Crippen LogP) is -3.96. The molecule has 0 rings (SSSR count). The zero-order valence-electron chi connectivity index (χ0n) is 15.3. The number of amides is 5. The SMILES string of the molecule is C[C@H](N)C(=O)N[C@H](CCC(=O)NC(=O)[C@H](N)CCC[C@H](N)C(N)=O)C(N)=O. The average molecular weight is 387 g/mol. The van der Waals surface area contributed by atoms with Gasteiger partial charge in [-0.05, 0) is 32.6 Å². The fourth-order valence-corrected chi connectivity index (χ4v) is 1.99. The number of carbonyl (C=O) groups excluding carboxylic acids is 5. The van der Waals surface area contributed by atoms with E-state index < -0.39 is 53.7 Å². The molecule has 4 atom stereocenters. The van der Waals surface area contributed by atoms with Crippen LogP contribution in [-0.4, -0.2) is 53.7 Å². The van der Waals surface area contributed by atoms with E-state index in [1.807, 2.05) is 0 Å². The van der Waals surface area contributed by atoms with Crippen molar-refractivity contribution < 1.29 is 24.0 Å². The second-order valence-corrected chi connectivity index (χ2v) is 6.25. The molecular formula is C15H29N7O5. The molecule has 0 aliphatic heterocycles. The molecule has 12 nitrogen and oxygen atoms in total. The van der Waals surface area contributed by atoms with Crippen LogP contribution < -0.4 is 39.3 Å². The summed E-state index contributed by atoms with van der Waals surface area (Å²) >= 11 is 0. The molecule has 0 spiro atoms. The van der Waals surface area contributed by atoms with Gasteiger partial charge in [-0.25, -0.2) is 0 Å². The summed E-state index contributed by atoms with van der Waals surface area (Å²) in [6.07, 6.45) is 0.506. The van der Waals surface area contributed by atoms with E-state index in [-0.39, 0.29) is 25.7 Å². The summed E-state index contributed by atoms with van der Waals surface area (Å²) in [6, 6.07) is -3.73. The van der Waals surface area contributed by atoms with Crippen LogP contribution >= 0.6 is 0 Å². The Morgan fingerprint density at radius 3 is 1.85 bits per heavy atom. The summed E-state index contributed by atoms with van der Waals surface area (Å²) in [5.74, 6) is -3.45. The van der Waals surface area contributed by atoms with Crippen molar-refractivity contribution in [3.05, 3.63) is 0 Å². The number of carbonyl (C=O) groups is 5. The first-order valence-electron chi connectivity index (χ1n) is 8.45. The number of nitrogens with one attached hydrogen (secondary N) is 2. The highest BCUT2D eigenvalue weighted by Crippen LogP contribution is 2.03. The Bertz CT molecular complexity index is 567. The lowest BCUT2D eigenvalue weighted by molar-refractivity contribution is -0.132. The van der Waals surface area contributed by atoms with E-state index in [1.165, 1.54) is 6.92 Å². The summed E-state index contributed by atoms with van der Waals surface area (Å²) in [5.41, 5.74) is 26.7. The van der Waals surface area contributed by atoms with Gasteiger partial charge in [-0.15, -0.1) is 0 Å². The van der Waals surface area contributed by atoms with Crippen molar-refractivity contribution in [3.8, 4) is 0 Å². The van der Waals surface area contributed by atoms with Crippen LogP contribution in [0.15, 0.2) is 0 Å². The van der Waals surface area contributed by atoms with Crippen molar-refractivity contribution in [3.63, 3.8) is 0 Å². The van der Waals surface area contributed by atoms with Gasteiger partial charge in [-0.1, -0.05) is 0 Å². The molecule has 0 unspecified atom stereocenters. The molecule has 154 valence electrons. The summed E-state index contributed by atoms with van der Waals surface area (Å²) in [7, 11) is 0. The fourth-order valence-electron chi connectivity index (χ4n) is 1.99. The lowest BCUT2D eigenvalue weighted by Gasteiger charge is -2.17. The van der Waals surface area contributed by atoms with Crippen LogP contribution in [0.25, 0.3) is 0 Å². The van der Waals surface area contributed by atoms with Gasteiger partial charge in [-0.2, -0.15) is 0 Å². The molecule has 0 saturated carbocycles. The van der Waals surface area contributed by atoms with Crippen molar-refractivity contribution >= 4 is 29.5 Å². The molecule has 0 bridgehead atoms. The molecule has 27 heavy (non-hydrogen) atoms. The number of imide groups is 1. The minimum atomic E-state index is -1.09. The van der Waals surface area contributed by atoms with Gasteiger partial charge in [0, 0.05) is 6.42 Å². The highest BCUT2D eigenvalue weighted by Gasteiger charge is 2.22. The van der Waals surface area contributed by atoms with Gasteiger partial charge < -0.3 is 34.0 Å². The van der Waals surface area contributed by atoms with Crippen LogP contribution in [0.3, 0.4) is 0 Å². The van der Waals surface area contributed by atoms with E-state index in [1.54, 1.807) is 0 Å². The third-order valence-corrected chi connectivity index (χ3v) is 3.73. The Balaban J connectivity index is 4.34. The molecule has 0 aliphatic rings. The molecule has 0 saturated heterocycles. The maximum atomic E-state index is 11.9. The van der Waals surface area contributed by atoms with E-state index in [4.69, 9.17) is 28.7 Å². The number of hydrogen-bond acceptors (Lipinski definition) is 8. The first kappa shape index (κ1) is 24.4. The number of primary amides is 2. The lowest BCUT2D eigenvalue weighted by Crippen LogP contribution is -2.50. The number of nitrogens with two attached hydrogens (primary N) is 5. The monoisotopic (exact) mass is 387 g/mol. The quantitative estimate of drug-likeness (QED) is 0.174. The maximum absolute atomic E-state index is 11.9. The Morgan fingerprint density at radius 2 is 1.37 bits per heavy atom. The molecule has 0 heterocycles. The van der Waals surface area contributed by atoms with Gasteiger partial charge in [0.1, 0.15) is 6.04 Å². The summed E-state index contributed by atoms with van der Waals surface area (Å²) in [4.78, 5) is 57.3. The van der Waals surface area contributed by atoms with E-state index in [0.717, 1.165) is 0 Å². The molecule has 0 aliphatic carbocycles. The van der Waals surface area contributed by atoms with Crippen LogP contribution in [0.4, 0.5) is 0 Å². The molecule has 0 aromatic rings. The van der Waals surface area contributed by atoms with Crippen molar-refractivity contribution in [2.75, 3.05) is 0 Å². The number of hydrogen-bond donors (Lipinski definition) is 7. The van der Waals surface area contributed by atoms with E-state index in [9.17, 15) is 24.0 Å². The predicted molar refractivity (Wildman–Crippen MR) is 96.2 cm³/mol. The minimum absolute atomic E-state index is 0.102. The van der Waals surface area contributed by atoms with Crippen molar-refractivity contribution in [2.45, 2.75) is 63.2 Å². The van der Waals surface area contributed by atoms with Crippen LogP contribution in [0.5, 0.6) is 0 Å². The Kier molecular flexibility index (Phi) is 10.8. The summed E-state index contributed by atoms with van der Waals surface area (Å²) in [6.45, 7) is 1.43. The highest BCUT2D eigenvalue weighted by molar-refractivity contribution is 5.98. The first-order chi connectivity index (χ1) is 12.5. The zero-order chi connectivity index (χ0) is 21.1. The second kappa shape index (κ2) is 11.9. The van der Waals surface area contributed by atoms with Gasteiger partial charge in [-0.3, -0.25) is 29.3 Å². The van der Waals surface area contributed by atoms with Gasteiger partial charge in [0.25, 0.3) is 0 Å². The molecular weight excluding hydrogens is 358 g/mol. The zero-order valence-corrected chi connectivity index (χ0v) is 15.3. The Labute approximate surface area is 156 Å². The van der Waals surface area contributed by atoms with Gasteiger partial charge in [0.05, 0.1) is 18.1 Å². The van der Waals surface area contributed by atoms with Crippen LogP contribution in [0.1, 0.15) is 39.0 Å². The third kappa shape index (κ3) is 10.2. The molecule has 0 aromatic carbocycles. The molecule has 0 aromatic heterocycles. The van der Waals surface area contributed by atoms with E-state index in [2.05, 4.69) is 10.6 Å². The minimum Gasteiger partial charge on any atom is -0.368 e. The second-order valence-electron chi connectivity index (χ2n) is 6.25. The van der Waals surface area contributed by atoms with E-state index >= 15 is 0 Å². The maximum Gasteiger partial charge on any atom is 0.243 e. The summed E-state index contributed by atoms with van der Waals surface area (Å²) < 4.78 is 0. The molecule has 5 amide bonds. The van der Waals surface area contributed by atoms with Crippen molar-refractivity contribution in [2.24, 2.45) is 28.7 Å². The van der Waals surface area contributed by atoms with Gasteiger partial charge >= 0.3 is 0 Å². The normalized spacial score (nSPS) is 15.1. The molecule has 0 fully saturated rings. The van der Waals surface area contributed by atoms with Crippen molar-refractivity contribution in [1.29, 1.82) is 0 Å². The van der Waals surface area contributed by atoms with Crippen molar-refractivity contribution in [1.82, 2.24) is 10.6 Å². The Hall–Kier alpha value is -2.57. The van der Waals surface area contributed by atoms with Crippen LogP contribution in [-0.2, 0) is 24.0 Å². The fraction of sp³-hybridized carbons (Fsp3) is 0.667. The van der Waals surface area contributed by atoms with Gasteiger partial charge in [0.15, 0.2) is 0 Å². The summed E-state index contributed by atoms with van der Waals surface area (Å²) in [5, 5.41) is 4.41. The molecule has 0 radical (unpaired) electrons. The molecule has 12 heteroatoms. The average Bonchev–Trinajstić information content (AvgIpc) is 2.57. The van der Waals surface area contributed by atoms with Crippen LogP contribution in [0, 0.1) is 0 Å². The van der Waals surface area contributed by atoms with Crippen LogP contribution in [0.2, 0.25) is 0 Å². The first-order valence-corrected chi connectivity index (χ1v) is 8.45. The van der Waals surface area contributed by atoms with Gasteiger partial charge in [0.2, 0.25) is 29.5 Å². The topological polar surface area (TPSA) is 240 Å². The van der Waals surface area contributed by atoms with E-state index in [0.29, 0.717) is 6.42 Å². The lowest BCUT2D eigenvalue weighted by atomic mass is 10.1.